The first kappa shape index (κ1) is 11.6. The molecule has 2 rings (SSSR count). The van der Waals surface area contributed by atoms with E-state index in [9.17, 15) is 10.1 Å². The Morgan fingerprint density at radius 3 is 2.41 bits per heavy atom. The standard InChI is InChI=1S/C12H10N2O2S/c1-9-2-5-11(6-3-9)17-12-7-4-10(8-13-12)14(15)16/h2-8H,1H3. The molecule has 5 heteroatoms. The quantitative estimate of drug-likeness (QED) is 0.614. The molecule has 0 saturated heterocycles. The zero-order chi connectivity index (χ0) is 12.3. The minimum Gasteiger partial charge on any atom is -0.258 e. The Morgan fingerprint density at radius 1 is 1.18 bits per heavy atom. The minimum atomic E-state index is -0.451. The van der Waals surface area contributed by atoms with Gasteiger partial charge in [-0.3, -0.25) is 10.1 Å². The highest BCUT2D eigenvalue weighted by Gasteiger charge is 2.05. The number of aryl methyl sites for hydroxylation is 1. The molecule has 0 fully saturated rings. The zero-order valence-corrected chi connectivity index (χ0v) is 9.98. The van der Waals surface area contributed by atoms with Gasteiger partial charge in [-0.2, -0.15) is 0 Å². The molecule has 86 valence electrons. The van der Waals surface area contributed by atoms with Gasteiger partial charge in [-0.25, -0.2) is 4.98 Å². The highest BCUT2D eigenvalue weighted by molar-refractivity contribution is 7.99. The normalized spacial score (nSPS) is 10.2. The summed E-state index contributed by atoms with van der Waals surface area (Å²) in [6, 6.07) is 11.2. The minimum absolute atomic E-state index is 0.0123. The summed E-state index contributed by atoms with van der Waals surface area (Å²) in [6.07, 6.45) is 1.27. The summed E-state index contributed by atoms with van der Waals surface area (Å²) in [5.74, 6) is 0. The van der Waals surface area contributed by atoms with E-state index in [-0.39, 0.29) is 5.69 Å². The number of pyridine rings is 1. The second-order valence-corrected chi connectivity index (χ2v) is 4.62. The van der Waals surface area contributed by atoms with Crippen molar-refractivity contribution in [2.45, 2.75) is 16.8 Å². The van der Waals surface area contributed by atoms with Gasteiger partial charge in [0.2, 0.25) is 0 Å². The summed E-state index contributed by atoms with van der Waals surface area (Å²) in [5.41, 5.74) is 1.21. The van der Waals surface area contributed by atoms with Crippen LogP contribution in [0.5, 0.6) is 0 Å². The third-order valence-corrected chi connectivity index (χ3v) is 3.13. The monoisotopic (exact) mass is 246 g/mol. The number of nitro groups is 1. The molecule has 0 atom stereocenters. The summed E-state index contributed by atoms with van der Waals surface area (Å²) in [6.45, 7) is 2.03. The fourth-order valence-electron chi connectivity index (χ4n) is 1.27. The van der Waals surface area contributed by atoms with Gasteiger partial charge in [0.15, 0.2) is 0 Å². The molecule has 2 aromatic rings. The van der Waals surface area contributed by atoms with Crippen molar-refractivity contribution in [2.75, 3.05) is 0 Å². The van der Waals surface area contributed by atoms with Gasteiger partial charge < -0.3 is 0 Å². The van der Waals surface area contributed by atoms with Crippen LogP contribution in [-0.4, -0.2) is 9.91 Å². The Balaban J connectivity index is 2.13. The van der Waals surface area contributed by atoms with Crippen molar-refractivity contribution < 1.29 is 4.92 Å². The first-order chi connectivity index (χ1) is 8.15. The molecule has 1 heterocycles. The smallest absolute Gasteiger partial charge is 0.258 e. The Labute approximate surface area is 103 Å². The lowest BCUT2D eigenvalue weighted by atomic mass is 10.2. The van der Waals surface area contributed by atoms with Crippen molar-refractivity contribution in [1.82, 2.24) is 4.98 Å². The molecule has 0 amide bonds. The van der Waals surface area contributed by atoms with Crippen molar-refractivity contribution in [3.63, 3.8) is 0 Å². The third kappa shape index (κ3) is 3.04. The Bertz CT molecular complexity index is 523. The molecular formula is C12H10N2O2S. The molecule has 1 aromatic carbocycles. The highest BCUT2D eigenvalue weighted by atomic mass is 32.2. The van der Waals surface area contributed by atoms with Gasteiger partial charge in [-0.15, -0.1) is 0 Å². The first-order valence-corrected chi connectivity index (χ1v) is 5.82. The van der Waals surface area contributed by atoms with Gasteiger partial charge in [0.1, 0.15) is 11.2 Å². The van der Waals surface area contributed by atoms with Crippen molar-refractivity contribution >= 4 is 17.4 Å². The van der Waals surface area contributed by atoms with Gasteiger partial charge in [0.05, 0.1) is 4.92 Å². The third-order valence-electron chi connectivity index (χ3n) is 2.17. The van der Waals surface area contributed by atoms with E-state index < -0.39 is 4.92 Å². The maximum absolute atomic E-state index is 10.5. The molecular weight excluding hydrogens is 236 g/mol. The number of nitrogens with zero attached hydrogens (tertiary/aromatic N) is 2. The predicted molar refractivity (Wildman–Crippen MR) is 66.2 cm³/mol. The van der Waals surface area contributed by atoms with Gasteiger partial charge in [-0.1, -0.05) is 29.5 Å². The SMILES string of the molecule is Cc1ccc(Sc2ccc([N+](=O)[O-])cn2)cc1. The van der Waals surface area contributed by atoms with Crippen molar-refractivity contribution in [1.29, 1.82) is 0 Å². The largest absolute Gasteiger partial charge is 0.287 e. The van der Waals surface area contributed by atoms with E-state index in [1.165, 1.54) is 29.6 Å². The molecule has 0 spiro atoms. The number of hydrogen-bond donors (Lipinski definition) is 0. The molecule has 4 nitrogen and oxygen atoms in total. The maximum atomic E-state index is 10.5. The Kier molecular flexibility index (Phi) is 3.39. The van der Waals surface area contributed by atoms with Gasteiger partial charge in [0, 0.05) is 11.0 Å². The molecule has 0 aliphatic rings. The summed E-state index contributed by atoms with van der Waals surface area (Å²) >= 11 is 1.48. The second-order valence-electron chi connectivity index (χ2n) is 3.53. The van der Waals surface area contributed by atoms with Crippen LogP contribution >= 0.6 is 11.8 Å². The van der Waals surface area contributed by atoms with Crippen LogP contribution in [0.3, 0.4) is 0 Å². The molecule has 0 aliphatic heterocycles. The average Bonchev–Trinajstić information content (AvgIpc) is 2.33. The number of hydrogen-bond acceptors (Lipinski definition) is 4. The molecule has 0 bridgehead atoms. The van der Waals surface area contributed by atoms with Crippen LogP contribution in [0, 0.1) is 17.0 Å². The lowest BCUT2D eigenvalue weighted by molar-refractivity contribution is -0.385. The van der Waals surface area contributed by atoms with Crippen molar-refractivity contribution in [3.05, 3.63) is 58.3 Å². The summed E-state index contributed by atoms with van der Waals surface area (Å²) in [4.78, 5) is 15.1. The van der Waals surface area contributed by atoms with Gasteiger partial charge in [-0.05, 0) is 25.1 Å². The van der Waals surface area contributed by atoms with Gasteiger partial charge >= 0.3 is 0 Å². The molecule has 0 N–H and O–H groups in total. The predicted octanol–water partition coefficient (Wildman–Crippen LogP) is 3.45. The van der Waals surface area contributed by atoms with Crippen LogP contribution in [0.4, 0.5) is 5.69 Å². The Hall–Kier alpha value is -1.88. The van der Waals surface area contributed by atoms with Crippen LogP contribution in [0.25, 0.3) is 0 Å². The summed E-state index contributed by atoms with van der Waals surface area (Å²) < 4.78 is 0. The summed E-state index contributed by atoms with van der Waals surface area (Å²) in [5, 5.41) is 11.2. The number of aromatic nitrogens is 1. The maximum Gasteiger partial charge on any atom is 0.287 e. The van der Waals surface area contributed by atoms with E-state index in [0.717, 1.165) is 9.92 Å². The van der Waals surface area contributed by atoms with Crippen LogP contribution in [0.1, 0.15) is 5.56 Å². The van der Waals surface area contributed by atoms with Crippen LogP contribution in [0.15, 0.2) is 52.5 Å². The summed E-state index contributed by atoms with van der Waals surface area (Å²) in [7, 11) is 0. The second kappa shape index (κ2) is 4.97. The lowest BCUT2D eigenvalue weighted by Gasteiger charge is -2.00. The van der Waals surface area contributed by atoms with Crippen molar-refractivity contribution in [3.8, 4) is 0 Å². The van der Waals surface area contributed by atoms with Crippen LogP contribution < -0.4 is 0 Å². The topological polar surface area (TPSA) is 56.0 Å². The van der Waals surface area contributed by atoms with E-state index in [1.807, 2.05) is 31.2 Å². The van der Waals surface area contributed by atoms with Crippen LogP contribution in [0.2, 0.25) is 0 Å². The number of rotatable bonds is 3. The van der Waals surface area contributed by atoms with Gasteiger partial charge in [0.25, 0.3) is 5.69 Å². The fourth-order valence-corrected chi connectivity index (χ4v) is 2.02. The highest BCUT2D eigenvalue weighted by Crippen LogP contribution is 2.26. The fraction of sp³-hybridized carbons (Fsp3) is 0.0833. The van der Waals surface area contributed by atoms with E-state index in [1.54, 1.807) is 6.07 Å². The molecule has 0 saturated carbocycles. The Morgan fingerprint density at radius 2 is 1.88 bits per heavy atom. The number of benzene rings is 1. The van der Waals surface area contributed by atoms with E-state index in [0.29, 0.717) is 0 Å². The molecule has 0 aliphatic carbocycles. The average molecular weight is 246 g/mol. The lowest BCUT2D eigenvalue weighted by Crippen LogP contribution is -1.89. The van der Waals surface area contributed by atoms with Crippen LogP contribution in [-0.2, 0) is 0 Å². The zero-order valence-electron chi connectivity index (χ0n) is 9.16. The molecule has 0 radical (unpaired) electrons. The van der Waals surface area contributed by atoms with E-state index in [2.05, 4.69) is 4.98 Å². The molecule has 0 unspecified atom stereocenters. The molecule has 1 aromatic heterocycles. The van der Waals surface area contributed by atoms with E-state index in [4.69, 9.17) is 0 Å². The molecule has 17 heavy (non-hydrogen) atoms. The van der Waals surface area contributed by atoms with E-state index >= 15 is 0 Å². The van der Waals surface area contributed by atoms with Crippen molar-refractivity contribution in [2.24, 2.45) is 0 Å². The first-order valence-electron chi connectivity index (χ1n) is 5.00.